The van der Waals surface area contributed by atoms with Crippen LogP contribution in [0.1, 0.15) is 45.7 Å². The van der Waals surface area contributed by atoms with Crippen LogP contribution in [0.3, 0.4) is 0 Å². The van der Waals surface area contributed by atoms with Crippen molar-refractivity contribution in [1.82, 2.24) is 9.97 Å². The molecule has 5 nitrogen and oxygen atoms in total. The van der Waals surface area contributed by atoms with Gasteiger partial charge in [-0.05, 0) is 56.2 Å². The third-order valence-corrected chi connectivity index (χ3v) is 4.76. The summed E-state index contributed by atoms with van der Waals surface area (Å²) in [6.07, 6.45) is 1.58. The molecule has 128 valence electrons. The Morgan fingerprint density at radius 1 is 1.24 bits per heavy atom. The number of aromatic amines is 1. The summed E-state index contributed by atoms with van der Waals surface area (Å²) < 4.78 is 0. The van der Waals surface area contributed by atoms with Crippen LogP contribution in [0.15, 0.2) is 30.5 Å². The molecule has 0 aliphatic heterocycles. The van der Waals surface area contributed by atoms with Gasteiger partial charge in [-0.1, -0.05) is 11.6 Å². The van der Waals surface area contributed by atoms with E-state index in [9.17, 15) is 14.7 Å². The summed E-state index contributed by atoms with van der Waals surface area (Å²) in [5, 5.41) is 10.6. The fourth-order valence-corrected chi connectivity index (χ4v) is 3.09. The Balaban J connectivity index is 2.28. The number of H-pyrrole nitrogens is 1. The van der Waals surface area contributed by atoms with E-state index in [-0.39, 0.29) is 11.5 Å². The average Bonchev–Trinajstić information content (AvgIpc) is 2.94. The molecular weight excluding hydrogens is 340 g/mol. The fourth-order valence-electron chi connectivity index (χ4n) is 2.92. The number of aliphatic carboxylic acids is 1. The SMILES string of the molecule is Cc1ccnc(C(=O)c2[nH]c3ccc(Cl)cc3c2C(C)C(=O)O)c1C. The summed E-state index contributed by atoms with van der Waals surface area (Å²) in [5.74, 6) is -2.20. The highest BCUT2D eigenvalue weighted by Crippen LogP contribution is 2.33. The second kappa shape index (κ2) is 6.33. The molecule has 0 radical (unpaired) electrons. The van der Waals surface area contributed by atoms with Crippen molar-refractivity contribution in [2.45, 2.75) is 26.7 Å². The Hall–Kier alpha value is -2.66. The van der Waals surface area contributed by atoms with Gasteiger partial charge in [0.1, 0.15) is 5.69 Å². The predicted molar refractivity (Wildman–Crippen MR) is 96.5 cm³/mol. The molecule has 0 aliphatic carbocycles. The predicted octanol–water partition coefficient (Wildman–Crippen LogP) is 4.25. The third kappa shape index (κ3) is 2.91. The van der Waals surface area contributed by atoms with Crippen LogP contribution in [0.5, 0.6) is 0 Å². The topological polar surface area (TPSA) is 83.0 Å². The number of halogens is 1. The lowest BCUT2D eigenvalue weighted by molar-refractivity contribution is -0.138. The minimum Gasteiger partial charge on any atom is -0.481 e. The number of carboxylic acid groups (broad SMARTS) is 1. The minimum absolute atomic E-state index is 0.244. The molecule has 2 heterocycles. The second-order valence-corrected chi connectivity index (χ2v) is 6.53. The van der Waals surface area contributed by atoms with Crippen molar-refractivity contribution in [1.29, 1.82) is 0 Å². The van der Waals surface area contributed by atoms with Gasteiger partial charge < -0.3 is 10.1 Å². The van der Waals surface area contributed by atoms with Crippen LogP contribution in [0.25, 0.3) is 10.9 Å². The number of benzene rings is 1. The summed E-state index contributed by atoms with van der Waals surface area (Å²) in [6.45, 7) is 5.29. The van der Waals surface area contributed by atoms with Gasteiger partial charge in [-0.2, -0.15) is 0 Å². The molecule has 25 heavy (non-hydrogen) atoms. The Labute approximate surface area is 149 Å². The molecule has 0 saturated carbocycles. The zero-order valence-electron chi connectivity index (χ0n) is 14.1. The number of aromatic nitrogens is 2. The lowest BCUT2D eigenvalue weighted by Crippen LogP contribution is -2.14. The van der Waals surface area contributed by atoms with Crippen LogP contribution in [-0.4, -0.2) is 26.8 Å². The lowest BCUT2D eigenvalue weighted by Gasteiger charge is -2.10. The van der Waals surface area contributed by atoms with Gasteiger partial charge in [-0.15, -0.1) is 0 Å². The Kier molecular flexibility index (Phi) is 4.35. The summed E-state index contributed by atoms with van der Waals surface area (Å²) in [7, 11) is 0. The summed E-state index contributed by atoms with van der Waals surface area (Å²) in [5.41, 5.74) is 3.38. The quantitative estimate of drug-likeness (QED) is 0.684. The molecule has 1 aromatic carbocycles. The summed E-state index contributed by atoms with van der Waals surface area (Å²) >= 11 is 6.07. The Bertz CT molecular complexity index is 1010. The zero-order valence-corrected chi connectivity index (χ0v) is 14.8. The number of carbonyl (C=O) groups is 2. The molecule has 3 rings (SSSR count). The van der Waals surface area contributed by atoms with E-state index in [2.05, 4.69) is 9.97 Å². The van der Waals surface area contributed by atoms with Gasteiger partial charge in [0.05, 0.1) is 11.6 Å². The maximum absolute atomic E-state index is 13.1. The standard InChI is InChI=1S/C19H17ClN2O3/c1-9-6-7-21-16(10(9)2)18(23)17-15(11(3)19(24)25)13-8-12(20)4-5-14(13)22-17/h4-8,11,22H,1-3H3,(H,24,25). The number of hydrogen-bond acceptors (Lipinski definition) is 3. The monoisotopic (exact) mass is 356 g/mol. The number of nitrogens with one attached hydrogen (secondary N) is 1. The first kappa shape index (κ1) is 17.2. The van der Waals surface area contributed by atoms with Crippen LogP contribution in [-0.2, 0) is 4.79 Å². The van der Waals surface area contributed by atoms with Gasteiger partial charge in [0.25, 0.3) is 0 Å². The number of carboxylic acids is 1. The number of pyridine rings is 1. The third-order valence-electron chi connectivity index (χ3n) is 4.52. The molecule has 0 spiro atoms. The molecule has 0 fully saturated rings. The fraction of sp³-hybridized carbons (Fsp3) is 0.211. The van der Waals surface area contributed by atoms with Crippen molar-refractivity contribution in [3.63, 3.8) is 0 Å². The highest BCUT2D eigenvalue weighted by atomic mass is 35.5. The highest BCUT2D eigenvalue weighted by molar-refractivity contribution is 6.31. The number of aryl methyl sites for hydroxylation is 1. The zero-order chi connectivity index (χ0) is 18.3. The number of fused-ring (bicyclic) bond motifs is 1. The van der Waals surface area contributed by atoms with Crippen LogP contribution in [0, 0.1) is 13.8 Å². The largest absolute Gasteiger partial charge is 0.481 e. The maximum Gasteiger partial charge on any atom is 0.310 e. The van der Waals surface area contributed by atoms with Gasteiger partial charge in [0.15, 0.2) is 0 Å². The van der Waals surface area contributed by atoms with Crippen molar-refractivity contribution in [3.8, 4) is 0 Å². The minimum atomic E-state index is -1.01. The first-order valence-corrected chi connectivity index (χ1v) is 8.20. The van der Waals surface area contributed by atoms with Crippen LogP contribution < -0.4 is 0 Å². The molecule has 6 heteroatoms. The normalized spacial score (nSPS) is 12.3. The van der Waals surface area contributed by atoms with Crippen molar-refractivity contribution in [3.05, 3.63) is 63.6 Å². The van der Waals surface area contributed by atoms with Crippen LogP contribution >= 0.6 is 11.6 Å². The Morgan fingerprint density at radius 2 is 1.96 bits per heavy atom. The molecule has 0 amide bonds. The van der Waals surface area contributed by atoms with E-state index < -0.39 is 11.9 Å². The maximum atomic E-state index is 13.1. The molecular formula is C19H17ClN2O3. The van der Waals surface area contributed by atoms with E-state index >= 15 is 0 Å². The molecule has 2 aromatic heterocycles. The van der Waals surface area contributed by atoms with Gasteiger partial charge in [-0.25, -0.2) is 0 Å². The van der Waals surface area contributed by atoms with Crippen LogP contribution in [0.4, 0.5) is 0 Å². The molecule has 1 unspecified atom stereocenters. The van der Waals surface area contributed by atoms with Crippen molar-refractivity contribution in [2.75, 3.05) is 0 Å². The number of nitrogens with zero attached hydrogens (tertiary/aromatic N) is 1. The number of ketones is 1. The van der Waals surface area contributed by atoms with Gasteiger partial charge in [0.2, 0.25) is 5.78 Å². The van der Waals surface area contributed by atoms with Crippen molar-refractivity contribution >= 4 is 34.3 Å². The summed E-state index contributed by atoms with van der Waals surface area (Å²) in [4.78, 5) is 32.0. The lowest BCUT2D eigenvalue weighted by atomic mass is 9.94. The Morgan fingerprint density at radius 3 is 2.64 bits per heavy atom. The molecule has 3 aromatic rings. The van der Waals surface area contributed by atoms with E-state index in [0.717, 1.165) is 11.1 Å². The molecule has 0 aliphatic rings. The molecule has 0 saturated heterocycles. The van der Waals surface area contributed by atoms with Gasteiger partial charge in [-0.3, -0.25) is 14.6 Å². The first-order chi connectivity index (χ1) is 11.8. The van der Waals surface area contributed by atoms with E-state index in [1.807, 2.05) is 19.9 Å². The van der Waals surface area contributed by atoms with E-state index in [0.29, 0.717) is 27.2 Å². The highest BCUT2D eigenvalue weighted by Gasteiger charge is 2.28. The van der Waals surface area contributed by atoms with Crippen molar-refractivity contribution < 1.29 is 14.7 Å². The first-order valence-electron chi connectivity index (χ1n) is 7.82. The van der Waals surface area contributed by atoms with Crippen molar-refractivity contribution in [2.24, 2.45) is 0 Å². The van der Waals surface area contributed by atoms with Gasteiger partial charge >= 0.3 is 5.97 Å². The number of hydrogen-bond donors (Lipinski definition) is 2. The molecule has 0 bridgehead atoms. The smallest absolute Gasteiger partial charge is 0.310 e. The van der Waals surface area contributed by atoms with Crippen LogP contribution in [0.2, 0.25) is 5.02 Å². The van der Waals surface area contributed by atoms with E-state index in [1.165, 1.54) is 0 Å². The average molecular weight is 357 g/mol. The number of carbonyl (C=O) groups excluding carboxylic acids is 1. The number of rotatable bonds is 4. The second-order valence-electron chi connectivity index (χ2n) is 6.09. The molecule has 1 atom stereocenters. The molecule has 2 N–H and O–H groups in total. The van der Waals surface area contributed by atoms with E-state index in [1.54, 1.807) is 31.3 Å². The van der Waals surface area contributed by atoms with Gasteiger partial charge in [0, 0.05) is 27.7 Å². The van der Waals surface area contributed by atoms with E-state index in [4.69, 9.17) is 11.6 Å². The summed E-state index contributed by atoms with van der Waals surface area (Å²) in [6, 6.07) is 6.94.